The lowest BCUT2D eigenvalue weighted by molar-refractivity contribution is -0.385. The highest BCUT2D eigenvalue weighted by Crippen LogP contribution is 2.29. The second-order valence-corrected chi connectivity index (χ2v) is 2.75. The summed E-state index contributed by atoms with van der Waals surface area (Å²) in [5.41, 5.74) is -1.09. The molecule has 0 aliphatic carbocycles. The van der Waals surface area contributed by atoms with E-state index in [0.717, 1.165) is 19.2 Å². The topological polar surface area (TPSA) is 113 Å². The van der Waals surface area contributed by atoms with Crippen molar-refractivity contribution in [3.63, 3.8) is 0 Å². The van der Waals surface area contributed by atoms with Crippen LogP contribution in [-0.2, 0) is 4.74 Å². The van der Waals surface area contributed by atoms with Crippen molar-refractivity contribution in [3.05, 3.63) is 33.4 Å². The minimum atomic E-state index is -0.875. The van der Waals surface area contributed by atoms with E-state index in [9.17, 15) is 20.0 Å². The summed E-state index contributed by atoms with van der Waals surface area (Å²) in [6.07, 6.45) is 0. The largest absolute Gasteiger partial charge is 0.502 e. The number of hydrogen-bond acceptors (Lipinski definition) is 6. The number of rotatable bonds is 2. The van der Waals surface area contributed by atoms with Crippen LogP contribution in [0.15, 0.2) is 12.1 Å². The number of nitrogens with zero attached hydrogens (tertiary/aromatic N) is 2. The quantitative estimate of drug-likeness (QED) is 0.452. The molecule has 1 rings (SSSR count). The molecule has 0 radical (unpaired) electrons. The molecule has 1 N–H and O–H groups in total. The molecule has 16 heavy (non-hydrogen) atoms. The van der Waals surface area contributed by atoms with Gasteiger partial charge in [0, 0.05) is 12.1 Å². The molecule has 0 aliphatic rings. The van der Waals surface area contributed by atoms with Gasteiger partial charge in [-0.15, -0.1) is 0 Å². The summed E-state index contributed by atoms with van der Waals surface area (Å²) in [6, 6.07) is 3.29. The predicted octanol–water partition coefficient (Wildman–Crippen LogP) is 0.959. The summed E-state index contributed by atoms with van der Waals surface area (Å²) in [5, 5.41) is 28.4. The fraction of sp³-hybridized carbons (Fsp3) is 0.111. The van der Waals surface area contributed by atoms with Gasteiger partial charge in [0.15, 0.2) is 5.75 Å². The summed E-state index contributed by atoms with van der Waals surface area (Å²) in [4.78, 5) is 20.8. The predicted molar refractivity (Wildman–Crippen MR) is 50.8 cm³/mol. The first-order chi connectivity index (χ1) is 7.51. The average Bonchev–Trinajstić information content (AvgIpc) is 2.27. The zero-order valence-corrected chi connectivity index (χ0v) is 8.13. The molecule has 1 aromatic rings. The van der Waals surface area contributed by atoms with E-state index in [2.05, 4.69) is 4.74 Å². The van der Waals surface area contributed by atoms with Gasteiger partial charge < -0.3 is 9.84 Å². The standard InChI is InChI=1S/C9H6N2O5/c1-16-9(13)6-3-7(11(14)15)8(12)2-5(6)4-10/h2-3,12H,1H3. The first-order valence-electron chi connectivity index (χ1n) is 4.01. The molecule has 0 atom stereocenters. The van der Waals surface area contributed by atoms with Gasteiger partial charge in [-0.2, -0.15) is 5.26 Å². The Morgan fingerprint density at radius 1 is 1.62 bits per heavy atom. The van der Waals surface area contributed by atoms with Crippen molar-refractivity contribution in [2.75, 3.05) is 7.11 Å². The maximum atomic E-state index is 11.2. The molecular formula is C9H6N2O5. The van der Waals surface area contributed by atoms with Crippen LogP contribution in [0.25, 0.3) is 0 Å². The lowest BCUT2D eigenvalue weighted by Crippen LogP contribution is -2.05. The lowest BCUT2D eigenvalue weighted by atomic mass is 10.1. The third-order valence-corrected chi connectivity index (χ3v) is 1.84. The van der Waals surface area contributed by atoms with E-state index in [1.807, 2.05) is 0 Å². The highest BCUT2D eigenvalue weighted by atomic mass is 16.6. The number of benzene rings is 1. The van der Waals surface area contributed by atoms with Gasteiger partial charge >= 0.3 is 11.7 Å². The number of aromatic hydroxyl groups is 1. The molecule has 0 saturated carbocycles. The van der Waals surface area contributed by atoms with Gasteiger partial charge in [0.05, 0.1) is 23.2 Å². The van der Waals surface area contributed by atoms with Crippen LogP contribution in [-0.4, -0.2) is 23.1 Å². The molecule has 0 unspecified atom stereocenters. The number of phenols is 1. The summed E-state index contributed by atoms with van der Waals surface area (Å²) >= 11 is 0. The third-order valence-electron chi connectivity index (χ3n) is 1.84. The Morgan fingerprint density at radius 2 is 2.25 bits per heavy atom. The van der Waals surface area contributed by atoms with Crippen molar-refractivity contribution in [1.29, 1.82) is 5.26 Å². The number of nitro benzene ring substituents is 1. The van der Waals surface area contributed by atoms with Crippen LogP contribution < -0.4 is 0 Å². The number of nitriles is 1. The van der Waals surface area contributed by atoms with Crippen LogP contribution in [0.4, 0.5) is 5.69 Å². The maximum absolute atomic E-state index is 11.2. The molecule has 0 heterocycles. The number of phenolic OH excluding ortho intramolecular Hbond substituents is 1. The van der Waals surface area contributed by atoms with Gasteiger partial charge in [-0.1, -0.05) is 0 Å². The van der Waals surface area contributed by atoms with Crippen LogP contribution in [0.1, 0.15) is 15.9 Å². The van der Waals surface area contributed by atoms with Gasteiger partial charge in [0.1, 0.15) is 6.07 Å². The minimum absolute atomic E-state index is 0.185. The smallest absolute Gasteiger partial charge is 0.339 e. The second-order valence-electron chi connectivity index (χ2n) is 2.75. The highest BCUT2D eigenvalue weighted by molar-refractivity contribution is 5.93. The van der Waals surface area contributed by atoms with Gasteiger partial charge in [0.2, 0.25) is 0 Å². The van der Waals surface area contributed by atoms with Crippen molar-refractivity contribution in [2.45, 2.75) is 0 Å². The molecule has 0 spiro atoms. The summed E-state index contributed by atoms with van der Waals surface area (Å²) in [5.74, 6) is -1.55. The monoisotopic (exact) mass is 222 g/mol. The van der Waals surface area contributed by atoms with Crippen molar-refractivity contribution in [1.82, 2.24) is 0 Å². The number of methoxy groups -OCH3 is 1. The number of carbonyl (C=O) groups is 1. The van der Waals surface area contributed by atoms with E-state index in [1.165, 1.54) is 0 Å². The van der Waals surface area contributed by atoms with Crippen LogP contribution in [0.2, 0.25) is 0 Å². The molecule has 1 aromatic carbocycles. The molecular weight excluding hydrogens is 216 g/mol. The van der Waals surface area contributed by atoms with E-state index in [0.29, 0.717) is 0 Å². The van der Waals surface area contributed by atoms with Crippen molar-refractivity contribution in [2.24, 2.45) is 0 Å². The Labute approximate surface area is 89.6 Å². The average molecular weight is 222 g/mol. The van der Waals surface area contributed by atoms with E-state index in [4.69, 9.17) is 5.26 Å². The van der Waals surface area contributed by atoms with Crippen LogP contribution >= 0.6 is 0 Å². The molecule has 0 aromatic heterocycles. The number of esters is 1. The molecule has 7 nitrogen and oxygen atoms in total. The van der Waals surface area contributed by atoms with Gasteiger partial charge in [0.25, 0.3) is 0 Å². The summed E-state index contributed by atoms with van der Waals surface area (Å²) in [7, 11) is 1.09. The first kappa shape index (κ1) is 11.5. The van der Waals surface area contributed by atoms with Gasteiger partial charge in [-0.05, 0) is 0 Å². The third kappa shape index (κ3) is 1.90. The fourth-order valence-electron chi connectivity index (χ4n) is 1.09. The Hall–Kier alpha value is -2.62. The molecule has 0 bridgehead atoms. The summed E-state index contributed by atoms with van der Waals surface area (Å²) in [6.45, 7) is 0. The van der Waals surface area contributed by atoms with E-state index < -0.39 is 22.3 Å². The SMILES string of the molecule is COC(=O)c1cc([N+](=O)[O-])c(O)cc1C#N. The molecule has 0 saturated heterocycles. The lowest BCUT2D eigenvalue weighted by Gasteiger charge is -2.02. The second kappa shape index (κ2) is 4.27. The molecule has 82 valence electrons. The van der Waals surface area contributed by atoms with E-state index in [1.54, 1.807) is 6.07 Å². The van der Waals surface area contributed by atoms with Crippen LogP contribution in [0, 0.1) is 21.4 Å². The number of hydrogen-bond donors (Lipinski definition) is 1. The Bertz CT molecular complexity index is 503. The normalized spacial score (nSPS) is 9.25. The Morgan fingerprint density at radius 3 is 2.69 bits per heavy atom. The number of carbonyl (C=O) groups excluding carboxylic acids is 1. The zero-order valence-electron chi connectivity index (χ0n) is 8.13. The van der Waals surface area contributed by atoms with E-state index >= 15 is 0 Å². The van der Waals surface area contributed by atoms with Gasteiger partial charge in [-0.25, -0.2) is 4.79 Å². The van der Waals surface area contributed by atoms with E-state index in [-0.39, 0.29) is 11.1 Å². The van der Waals surface area contributed by atoms with Crippen LogP contribution in [0.3, 0.4) is 0 Å². The minimum Gasteiger partial charge on any atom is -0.502 e. The molecule has 0 aliphatic heterocycles. The fourth-order valence-corrected chi connectivity index (χ4v) is 1.09. The van der Waals surface area contributed by atoms with Crippen LogP contribution in [0.5, 0.6) is 5.75 Å². The maximum Gasteiger partial charge on any atom is 0.339 e. The van der Waals surface area contributed by atoms with Crippen molar-refractivity contribution >= 4 is 11.7 Å². The molecule has 0 amide bonds. The Kier molecular flexibility index (Phi) is 3.06. The first-order valence-corrected chi connectivity index (χ1v) is 4.01. The highest BCUT2D eigenvalue weighted by Gasteiger charge is 2.21. The zero-order chi connectivity index (χ0) is 12.3. The summed E-state index contributed by atoms with van der Waals surface area (Å²) < 4.78 is 4.36. The Balaban J connectivity index is 3.48. The van der Waals surface area contributed by atoms with Gasteiger partial charge in [-0.3, -0.25) is 10.1 Å². The van der Waals surface area contributed by atoms with Crippen molar-refractivity contribution in [3.8, 4) is 11.8 Å². The number of ether oxygens (including phenoxy) is 1. The number of nitro groups is 1. The van der Waals surface area contributed by atoms with Crippen molar-refractivity contribution < 1.29 is 19.6 Å². The molecule has 0 fully saturated rings. The molecule has 7 heteroatoms.